The summed E-state index contributed by atoms with van der Waals surface area (Å²) in [6.07, 6.45) is 2.78. The molecule has 0 bridgehead atoms. The third-order valence-corrected chi connectivity index (χ3v) is 4.14. The summed E-state index contributed by atoms with van der Waals surface area (Å²) < 4.78 is 0. The highest BCUT2D eigenvalue weighted by molar-refractivity contribution is 4.80. The summed E-state index contributed by atoms with van der Waals surface area (Å²) in [6, 6.07) is 0.627. The fraction of sp³-hybridized carbons (Fsp3) is 1.00. The van der Waals surface area contributed by atoms with Crippen molar-refractivity contribution >= 4 is 0 Å². The van der Waals surface area contributed by atoms with Gasteiger partial charge in [-0.3, -0.25) is 0 Å². The normalized spacial score (nSPS) is 19.6. The minimum Gasteiger partial charge on any atom is -0.311 e. The van der Waals surface area contributed by atoms with Crippen molar-refractivity contribution in [2.24, 2.45) is 5.92 Å². The van der Waals surface area contributed by atoms with Crippen LogP contribution in [0.4, 0.5) is 0 Å². The zero-order valence-electron chi connectivity index (χ0n) is 14.0. The number of hydrogen-bond acceptors (Lipinski definition) is 3. The summed E-state index contributed by atoms with van der Waals surface area (Å²) >= 11 is 0. The Bertz CT molecular complexity index is 239. The molecule has 1 rings (SSSR count). The van der Waals surface area contributed by atoms with Crippen LogP contribution in [0.3, 0.4) is 0 Å². The van der Waals surface area contributed by atoms with Crippen molar-refractivity contribution in [1.82, 2.24) is 15.1 Å². The van der Waals surface area contributed by atoms with Gasteiger partial charge in [0, 0.05) is 31.2 Å². The molecule has 0 amide bonds. The van der Waals surface area contributed by atoms with E-state index < -0.39 is 0 Å². The number of hydrogen-bond donors (Lipinski definition) is 1. The van der Waals surface area contributed by atoms with Gasteiger partial charge in [0.15, 0.2) is 0 Å². The van der Waals surface area contributed by atoms with Gasteiger partial charge >= 0.3 is 0 Å². The average molecular weight is 269 g/mol. The Morgan fingerprint density at radius 3 is 2.21 bits per heavy atom. The van der Waals surface area contributed by atoms with Crippen molar-refractivity contribution in [3.8, 4) is 0 Å². The zero-order chi connectivity index (χ0) is 14.5. The Morgan fingerprint density at radius 2 is 1.74 bits per heavy atom. The van der Waals surface area contributed by atoms with Crippen LogP contribution in [0.15, 0.2) is 0 Å². The molecule has 1 atom stereocenters. The first-order valence-electron chi connectivity index (χ1n) is 7.97. The molecule has 0 aromatic carbocycles. The van der Waals surface area contributed by atoms with Gasteiger partial charge in [-0.05, 0) is 59.7 Å². The number of nitrogens with one attached hydrogen (secondary N) is 1. The molecule has 1 fully saturated rings. The molecular weight excluding hydrogens is 234 g/mol. The van der Waals surface area contributed by atoms with Gasteiger partial charge in [0.05, 0.1) is 0 Å². The Hall–Kier alpha value is -0.120. The van der Waals surface area contributed by atoms with Crippen LogP contribution in [0, 0.1) is 5.92 Å². The van der Waals surface area contributed by atoms with E-state index in [1.54, 1.807) is 0 Å². The third kappa shape index (κ3) is 6.73. The van der Waals surface area contributed by atoms with E-state index in [9.17, 15) is 0 Å². The molecule has 0 saturated carbocycles. The van der Waals surface area contributed by atoms with Crippen LogP contribution in [0.2, 0.25) is 0 Å². The molecule has 1 aliphatic rings. The van der Waals surface area contributed by atoms with Crippen molar-refractivity contribution < 1.29 is 0 Å². The molecule has 1 heterocycles. The summed E-state index contributed by atoms with van der Waals surface area (Å²) in [6.45, 7) is 17.5. The number of likely N-dealkylation sites (N-methyl/N-ethyl adjacent to an activating group) is 1. The molecular formula is C16H35N3. The van der Waals surface area contributed by atoms with Gasteiger partial charge in [0.1, 0.15) is 0 Å². The first-order valence-corrected chi connectivity index (χ1v) is 7.97. The Labute approximate surface area is 120 Å². The summed E-state index contributed by atoms with van der Waals surface area (Å²) in [4.78, 5) is 5.15. The first kappa shape index (κ1) is 16.9. The molecule has 1 saturated heterocycles. The van der Waals surface area contributed by atoms with E-state index >= 15 is 0 Å². The Kier molecular flexibility index (Phi) is 6.78. The molecule has 19 heavy (non-hydrogen) atoms. The van der Waals surface area contributed by atoms with E-state index in [0.717, 1.165) is 6.54 Å². The van der Waals surface area contributed by atoms with E-state index in [0.29, 0.717) is 12.0 Å². The highest BCUT2D eigenvalue weighted by atomic mass is 15.2. The van der Waals surface area contributed by atoms with Crippen LogP contribution in [-0.4, -0.2) is 61.2 Å². The van der Waals surface area contributed by atoms with Crippen molar-refractivity contribution in [3.05, 3.63) is 0 Å². The molecule has 3 heteroatoms. The molecule has 1 unspecified atom stereocenters. The van der Waals surface area contributed by atoms with Crippen LogP contribution < -0.4 is 5.32 Å². The monoisotopic (exact) mass is 269 g/mol. The lowest BCUT2D eigenvalue weighted by molar-refractivity contribution is 0.158. The Balaban J connectivity index is 2.36. The molecule has 0 aliphatic carbocycles. The highest BCUT2D eigenvalue weighted by Gasteiger charge is 2.21. The Morgan fingerprint density at radius 1 is 1.16 bits per heavy atom. The fourth-order valence-corrected chi connectivity index (χ4v) is 2.78. The zero-order valence-corrected chi connectivity index (χ0v) is 14.0. The van der Waals surface area contributed by atoms with E-state index in [1.165, 1.54) is 39.0 Å². The van der Waals surface area contributed by atoms with E-state index in [4.69, 9.17) is 0 Å². The van der Waals surface area contributed by atoms with Crippen molar-refractivity contribution in [1.29, 1.82) is 0 Å². The van der Waals surface area contributed by atoms with Crippen LogP contribution in [0.5, 0.6) is 0 Å². The number of rotatable bonds is 7. The van der Waals surface area contributed by atoms with Crippen molar-refractivity contribution in [2.45, 2.75) is 59.0 Å². The van der Waals surface area contributed by atoms with E-state index in [-0.39, 0.29) is 5.54 Å². The van der Waals surface area contributed by atoms with Crippen molar-refractivity contribution in [2.75, 3.05) is 39.8 Å². The first-order chi connectivity index (χ1) is 8.79. The second-order valence-corrected chi connectivity index (χ2v) is 7.47. The molecule has 3 nitrogen and oxygen atoms in total. The van der Waals surface area contributed by atoms with Gasteiger partial charge in [-0.2, -0.15) is 0 Å². The lowest BCUT2D eigenvalue weighted by Gasteiger charge is -2.35. The summed E-state index contributed by atoms with van der Waals surface area (Å²) in [5.41, 5.74) is 0.211. The van der Waals surface area contributed by atoms with Gasteiger partial charge in [-0.25, -0.2) is 0 Å². The average Bonchev–Trinajstić information content (AvgIpc) is 2.77. The number of nitrogens with zero attached hydrogens (tertiary/aromatic N) is 2. The standard InChI is InChI=1S/C16H35N3/c1-14(2)15(13-17-16(3,4)5)18(6)11-12-19-9-7-8-10-19/h14-15,17H,7-13H2,1-6H3. The molecule has 0 aromatic heterocycles. The molecule has 0 spiro atoms. The maximum atomic E-state index is 3.66. The molecule has 1 N–H and O–H groups in total. The van der Waals surface area contributed by atoms with Gasteiger partial charge < -0.3 is 15.1 Å². The van der Waals surface area contributed by atoms with Crippen LogP contribution in [0.25, 0.3) is 0 Å². The second kappa shape index (κ2) is 7.61. The van der Waals surface area contributed by atoms with Gasteiger partial charge in [-0.15, -0.1) is 0 Å². The lowest BCUT2D eigenvalue weighted by Crippen LogP contribution is -2.50. The van der Waals surface area contributed by atoms with E-state index in [1.807, 2.05) is 0 Å². The summed E-state index contributed by atoms with van der Waals surface area (Å²) in [5, 5.41) is 3.66. The largest absolute Gasteiger partial charge is 0.311 e. The predicted octanol–water partition coefficient (Wildman–Crippen LogP) is 2.43. The van der Waals surface area contributed by atoms with Gasteiger partial charge in [-0.1, -0.05) is 13.8 Å². The molecule has 0 radical (unpaired) electrons. The predicted molar refractivity (Wildman–Crippen MR) is 84.7 cm³/mol. The van der Waals surface area contributed by atoms with E-state index in [2.05, 4.69) is 56.8 Å². The second-order valence-electron chi connectivity index (χ2n) is 7.47. The SMILES string of the molecule is CC(C)C(CNC(C)(C)C)N(C)CCN1CCCC1. The highest BCUT2D eigenvalue weighted by Crippen LogP contribution is 2.12. The maximum Gasteiger partial charge on any atom is 0.0241 e. The minimum atomic E-state index is 0.211. The quantitative estimate of drug-likeness (QED) is 0.766. The number of likely N-dealkylation sites (tertiary alicyclic amines) is 1. The molecule has 0 aromatic rings. The van der Waals surface area contributed by atoms with Crippen molar-refractivity contribution in [3.63, 3.8) is 0 Å². The lowest BCUT2D eigenvalue weighted by atomic mass is 10.0. The maximum absolute atomic E-state index is 3.66. The third-order valence-electron chi connectivity index (χ3n) is 4.14. The van der Waals surface area contributed by atoms with Gasteiger partial charge in [0.25, 0.3) is 0 Å². The smallest absolute Gasteiger partial charge is 0.0241 e. The summed E-state index contributed by atoms with van der Waals surface area (Å²) in [5.74, 6) is 0.693. The minimum absolute atomic E-state index is 0.211. The molecule has 114 valence electrons. The van der Waals surface area contributed by atoms with Crippen LogP contribution in [-0.2, 0) is 0 Å². The fourth-order valence-electron chi connectivity index (χ4n) is 2.78. The summed E-state index contributed by atoms with van der Waals surface area (Å²) in [7, 11) is 2.28. The van der Waals surface area contributed by atoms with Gasteiger partial charge in [0.2, 0.25) is 0 Å². The molecule has 1 aliphatic heterocycles. The van der Waals surface area contributed by atoms with Crippen LogP contribution >= 0.6 is 0 Å². The topological polar surface area (TPSA) is 18.5 Å². The van der Waals surface area contributed by atoms with Crippen LogP contribution in [0.1, 0.15) is 47.5 Å².